The number of halogens is 1. The zero-order valence-electron chi connectivity index (χ0n) is 14.3. The summed E-state index contributed by atoms with van der Waals surface area (Å²) < 4.78 is 5.65. The molecule has 3 rings (SSSR count). The molecule has 138 valence electrons. The maximum atomic E-state index is 12.3. The summed E-state index contributed by atoms with van der Waals surface area (Å²) in [4.78, 5) is 22.6. The van der Waals surface area contributed by atoms with Gasteiger partial charge in [0.15, 0.2) is 0 Å². The maximum absolute atomic E-state index is 12.3. The molecule has 0 unspecified atom stereocenters. The fourth-order valence-corrected chi connectivity index (χ4v) is 2.51. The SMILES string of the molecule is N#CC(=Cc1ccc(-c2ccc(Cl)cc2)o1)C(=O)Nc1cccc([N+](=O)[O-])c1. The van der Waals surface area contributed by atoms with Crippen molar-refractivity contribution in [3.63, 3.8) is 0 Å². The predicted octanol–water partition coefficient (Wildman–Crippen LogP) is 5.05. The van der Waals surface area contributed by atoms with Gasteiger partial charge in [0.05, 0.1) is 4.92 Å². The Kier molecular flexibility index (Phi) is 5.53. The molecule has 1 N–H and O–H groups in total. The van der Waals surface area contributed by atoms with E-state index in [2.05, 4.69) is 5.32 Å². The zero-order valence-corrected chi connectivity index (χ0v) is 15.0. The molecule has 0 aliphatic carbocycles. The number of amides is 1. The quantitative estimate of drug-likeness (QED) is 0.282. The van der Waals surface area contributed by atoms with Gasteiger partial charge in [-0.1, -0.05) is 17.7 Å². The molecule has 1 amide bonds. The fraction of sp³-hybridized carbons (Fsp3) is 0. The van der Waals surface area contributed by atoms with Crippen molar-refractivity contribution < 1.29 is 14.1 Å². The van der Waals surface area contributed by atoms with E-state index >= 15 is 0 Å². The smallest absolute Gasteiger partial charge is 0.271 e. The van der Waals surface area contributed by atoms with Crippen LogP contribution in [-0.4, -0.2) is 10.8 Å². The van der Waals surface area contributed by atoms with Crippen LogP contribution < -0.4 is 5.32 Å². The first kappa shape index (κ1) is 18.9. The maximum Gasteiger partial charge on any atom is 0.271 e. The monoisotopic (exact) mass is 393 g/mol. The summed E-state index contributed by atoms with van der Waals surface area (Å²) in [5.41, 5.74) is 0.632. The number of nitrogens with zero attached hydrogens (tertiary/aromatic N) is 2. The van der Waals surface area contributed by atoms with E-state index in [1.807, 2.05) is 0 Å². The van der Waals surface area contributed by atoms with Gasteiger partial charge in [-0.15, -0.1) is 0 Å². The van der Waals surface area contributed by atoms with E-state index in [0.29, 0.717) is 16.5 Å². The Morgan fingerprint density at radius 1 is 1.18 bits per heavy atom. The first-order chi connectivity index (χ1) is 13.5. The van der Waals surface area contributed by atoms with Gasteiger partial charge in [-0.2, -0.15) is 5.26 Å². The lowest BCUT2D eigenvalue weighted by Gasteiger charge is -2.03. The Labute approximate surface area is 164 Å². The second-order valence-electron chi connectivity index (χ2n) is 5.64. The van der Waals surface area contributed by atoms with Crippen LogP contribution in [0.1, 0.15) is 5.76 Å². The molecule has 1 heterocycles. The van der Waals surface area contributed by atoms with Crippen LogP contribution in [0.25, 0.3) is 17.4 Å². The molecule has 3 aromatic rings. The molecule has 2 aromatic carbocycles. The Balaban J connectivity index is 1.79. The van der Waals surface area contributed by atoms with Gasteiger partial charge in [-0.05, 0) is 42.5 Å². The lowest BCUT2D eigenvalue weighted by molar-refractivity contribution is -0.384. The van der Waals surface area contributed by atoms with E-state index in [1.165, 1.54) is 30.3 Å². The summed E-state index contributed by atoms with van der Waals surface area (Å²) in [6.45, 7) is 0. The number of nitrogens with one attached hydrogen (secondary N) is 1. The van der Waals surface area contributed by atoms with Crippen molar-refractivity contribution in [3.05, 3.63) is 87.1 Å². The Hall–Kier alpha value is -3.89. The molecule has 0 saturated carbocycles. The summed E-state index contributed by atoms with van der Waals surface area (Å²) in [7, 11) is 0. The summed E-state index contributed by atoms with van der Waals surface area (Å²) in [6.07, 6.45) is 1.30. The molecule has 0 fully saturated rings. The molecular formula is C20H12ClN3O4. The van der Waals surface area contributed by atoms with Crippen LogP contribution >= 0.6 is 11.6 Å². The van der Waals surface area contributed by atoms with Gasteiger partial charge in [0.1, 0.15) is 23.2 Å². The predicted molar refractivity (Wildman–Crippen MR) is 104 cm³/mol. The molecule has 0 spiro atoms. The Morgan fingerprint density at radius 2 is 1.93 bits per heavy atom. The average molecular weight is 394 g/mol. The van der Waals surface area contributed by atoms with Gasteiger partial charge in [0.2, 0.25) is 0 Å². The second kappa shape index (κ2) is 8.20. The van der Waals surface area contributed by atoms with Gasteiger partial charge in [-0.25, -0.2) is 0 Å². The summed E-state index contributed by atoms with van der Waals surface area (Å²) in [5, 5.41) is 23.2. The minimum Gasteiger partial charge on any atom is -0.457 e. The highest BCUT2D eigenvalue weighted by Crippen LogP contribution is 2.25. The van der Waals surface area contributed by atoms with Crippen LogP contribution in [-0.2, 0) is 4.79 Å². The van der Waals surface area contributed by atoms with E-state index in [1.54, 1.807) is 42.5 Å². The van der Waals surface area contributed by atoms with E-state index in [4.69, 9.17) is 16.0 Å². The normalized spacial score (nSPS) is 10.9. The molecule has 0 atom stereocenters. The third kappa shape index (κ3) is 4.44. The number of anilines is 1. The van der Waals surface area contributed by atoms with Crippen LogP contribution in [0.3, 0.4) is 0 Å². The number of rotatable bonds is 5. The largest absolute Gasteiger partial charge is 0.457 e. The van der Waals surface area contributed by atoms with E-state index < -0.39 is 10.8 Å². The van der Waals surface area contributed by atoms with Gasteiger partial charge < -0.3 is 9.73 Å². The summed E-state index contributed by atoms with van der Waals surface area (Å²) in [6, 6.07) is 17.6. The second-order valence-corrected chi connectivity index (χ2v) is 6.08. The van der Waals surface area contributed by atoms with Crippen molar-refractivity contribution in [2.24, 2.45) is 0 Å². The van der Waals surface area contributed by atoms with Gasteiger partial charge in [-0.3, -0.25) is 14.9 Å². The number of benzene rings is 2. The number of hydrogen-bond donors (Lipinski definition) is 1. The lowest BCUT2D eigenvalue weighted by atomic mass is 10.2. The van der Waals surface area contributed by atoms with Crippen LogP contribution in [0.4, 0.5) is 11.4 Å². The summed E-state index contributed by atoms with van der Waals surface area (Å²) in [5.74, 6) is 0.169. The topological polar surface area (TPSA) is 109 Å². The van der Waals surface area contributed by atoms with Crippen LogP contribution in [0.15, 0.2) is 70.7 Å². The van der Waals surface area contributed by atoms with Crippen molar-refractivity contribution in [1.82, 2.24) is 0 Å². The molecule has 1 aromatic heterocycles. The molecular weight excluding hydrogens is 382 g/mol. The van der Waals surface area contributed by atoms with Gasteiger partial charge in [0, 0.05) is 34.5 Å². The number of hydrogen-bond acceptors (Lipinski definition) is 5. The fourth-order valence-electron chi connectivity index (χ4n) is 2.39. The number of furan rings is 1. The van der Waals surface area contributed by atoms with E-state index in [0.717, 1.165) is 5.56 Å². The molecule has 0 saturated heterocycles. The average Bonchev–Trinajstić information content (AvgIpc) is 3.15. The third-order valence-corrected chi connectivity index (χ3v) is 3.97. The molecule has 0 radical (unpaired) electrons. The van der Waals surface area contributed by atoms with Crippen molar-refractivity contribution >= 4 is 35.0 Å². The van der Waals surface area contributed by atoms with E-state index in [-0.39, 0.29) is 16.9 Å². The molecule has 7 nitrogen and oxygen atoms in total. The Morgan fingerprint density at radius 3 is 2.61 bits per heavy atom. The van der Waals surface area contributed by atoms with Crippen molar-refractivity contribution in [1.29, 1.82) is 5.26 Å². The van der Waals surface area contributed by atoms with Crippen LogP contribution in [0, 0.1) is 21.4 Å². The number of nitro groups is 1. The van der Waals surface area contributed by atoms with Crippen molar-refractivity contribution in [3.8, 4) is 17.4 Å². The van der Waals surface area contributed by atoms with Crippen molar-refractivity contribution in [2.45, 2.75) is 0 Å². The minimum absolute atomic E-state index is 0.168. The van der Waals surface area contributed by atoms with Crippen LogP contribution in [0.5, 0.6) is 0 Å². The molecule has 0 aliphatic heterocycles. The molecule has 0 bridgehead atoms. The van der Waals surface area contributed by atoms with Gasteiger partial charge in [0.25, 0.3) is 11.6 Å². The highest BCUT2D eigenvalue weighted by atomic mass is 35.5. The van der Waals surface area contributed by atoms with E-state index in [9.17, 15) is 20.2 Å². The van der Waals surface area contributed by atoms with Crippen LogP contribution in [0.2, 0.25) is 5.02 Å². The van der Waals surface area contributed by atoms with Crippen molar-refractivity contribution in [2.75, 3.05) is 5.32 Å². The molecule has 8 heteroatoms. The zero-order chi connectivity index (χ0) is 20.1. The Bertz CT molecular complexity index is 1110. The number of carbonyl (C=O) groups is 1. The highest BCUT2D eigenvalue weighted by Gasteiger charge is 2.13. The number of carbonyl (C=O) groups excluding carboxylic acids is 1. The standard InChI is InChI=1S/C20H12ClN3O4/c21-15-6-4-13(5-7-15)19-9-8-18(28-19)10-14(12-22)20(25)23-16-2-1-3-17(11-16)24(26)27/h1-11H,(H,23,25). The first-order valence-electron chi connectivity index (χ1n) is 7.99. The first-order valence-corrected chi connectivity index (χ1v) is 8.37. The molecule has 28 heavy (non-hydrogen) atoms. The lowest BCUT2D eigenvalue weighted by Crippen LogP contribution is -2.13. The minimum atomic E-state index is -0.701. The summed E-state index contributed by atoms with van der Waals surface area (Å²) >= 11 is 5.86. The highest BCUT2D eigenvalue weighted by molar-refractivity contribution is 6.30. The number of non-ortho nitro benzene ring substituents is 1. The molecule has 0 aliphatic rings. The van der Waals surface area contributed by atoms with Gasteiger partial charge >= 0.3 is 0 Å². The number of nitro benzene ring substituents is 1. The third-order valence-electron chi connectivity index (χ3n) is 3.72. The number of nitriles is 1.